The van der Waals surface area contributed by atoms with Crippen LogP contribution in [0.3, 0.4) is 0 Å². The lowest BCUT2D eigenvalue weighted by Crippen LogP contribution is -2.26. The molecule has 0 radical (unpaired) electrons. The number of halogens is 1. The average Bonchev–Trinajstić information content (AvgIpc) is 3.00. The molecule has 26 heavy (non-hydrogen) atoms. The maximum absolute atomic E-state index is 12.7. The normalized spacial score (nSPS) is 11.7. The number of carbonyl (C=O) groups is 1. The topological polar surface area (TPSA) is 51.2 Å². The molecule has 6 heteroatoms. The maximum atomic E-state index is 12.7. The van der Waals surface area contributed by atoms with Crippen molar-refractivity contribution in [1.82, 2.24) is 4.98 Å². The summed E-state index contributed by atoms with van der Waals surface area (Å²) in [7, 11) is 0. The molecule has 138 valence electrons. The molecule has 3 rings (SSSR count). The highest BCUT2D eigenvalue weighted by Gasteiger charge is 2.18. The zero-order valence-corrected chi connectivity index (χ0v) is 17.9. The van der Waals surface area contributed by atoms with Crippen molar-refractivity contribution >= 4 is 49.4 Å². The van der Waals surface area contributed by atoms with Crippen molar-refractivity contribution in [2.24, 2.45) is 0 Å². The van der Waals surface area contributed by atoms with E-state index in [1.165, 1.54) is 16.9 Å². The molecule has 1 atom stereocenters. The summed E-state index contributed by atoms with van der Waals surface area (Å²) in [5.41, 5.74) is 3.87. The number of thiazole rings is 1. The number of ether oxygens (including phenoxy) is 1. The van der Waals surface area contributed by atoms with Gasteiger partial charge in [-0.1, -0.05) is 29.5 Å². The van der Waals surface area contributed by atoms with Crippen LogP contribution >= 0.6 is 28.3 Å². The van der Waals surface area contributed by atoms with Gasteiger partial charge in [0.05, 0.1) is 17.3 Å². The molecule has 0 aliphatic rings. The first-order chi connectivity index (χ1) is 12.0. The van der Waals surface area contributed by atoms with E-state index < -0.39 is 0 Å². The number of rotatable bonds is 6. The first kappa shape index (κ1) is 20.4. The number of fused-ring (bicyclic) bond motifs is 1. The van der Waals surface area contributed by atoms with E-state index in [0.29, 0.717) is 6.61 Å². The summed E-state index contributed by atoms with van der Waals surface area (Å²) in [5.74, 6) is 0.838. The average molecular weight is 435 g/mol. The summed E-state index contributed by atoms with van der Waals surface area (Å²) in [6.45, 7) is 8.48. The number of para-hydroxylation sites is 1. The lowest BCUT2D eigenvalue weighted by molar-refractivity contribution is 0.0975. The predicted molar refractivity (Wildman–Crippen MR) is 114 cm³/mol. The van der Waals surface area contributed by atoms with Crippen molar-refractivity contribution in [1.29, 1.82) is 0 Å². The van der Waals surface area contributed by atoms with Gasteiger partial charge in [0.25, 0.3) is 0 Å². The zero-order chi connectivity index (χ0) is 18.0. The Morgan fingerprint density at radius 3 is 2.69 bits per heavy atom. The van der Waals surface area contributed by atoms with Crippen LogP contribution in [0.15, 0.2) is 36.4 Å². The molecule has 3 aromatic rings. The molecule has 1 heterocycles. The Hall–Kier alpha value is -1.92. The summed E-state index contributed by atoms with van der Waals surface area (Å²) in [6, 6.07) is 11.4. The minimum Gasteiger partial charge on any atom is -0.492 e. The summed E-state index contributed by atoms with van der Waals surface area (Å²) >= 11 is 1.53. The first-order valence-electron chi connectivity index (χ1n) is 8.40. The number of hydrogen-bond donors (Lipinski definition) is 1. The third-order valence-corrected chi connectivity index (χ3v) is 5.16. The molecule has 4 nitrogen and oxygen atoms in total. The molecule has 2 aromatic carbocycles. The maximum Gasteiger partial charge on any atom is 0.184 e. The lowest BCUT2D eigenvalue weighted by Gasteiger charge is -2.12. The van der Waals surface area contributed by atoms with Gasteiger partial charge in [0.2, 0.25) is 0 Å². The number of benzene rings is 2. The van der Waals surface area contributed by atoms with Crippen LogP contribution in [0.4, 0.5) is 5.13 Å². The summed E-state index contributed by atoms with van der Waals surface area (Å²) in [4.78, 5) is 17.3. The van der Waals surface area contributed by atoms with Gasteiger partial charge < -0.3 is 10.1 Å². The van der Waals surface area contributed by atoms with Gasteiger partial charge in [-0.15, -0.1) is 17.0 Å². The van der Waals surface area contributed by atoms with Crippen LogP contribution < -0.4 is 10.1 Å². The summed E-state index contributed by atoms with van der Waals surface area (Å²) in [6.07, 6.45) is 0. The van der Waals surface area contributed by atoms with E-state index in [1.807, 2.05) is 64.1 Å². The van der Waals surface area contributed by atoms with E-state index in [1.54, 1.807) is 0 Å². The molecular formula is C20H23BrN2O2S. The highest BCUT2D eigenvalue weighted by molar-refractivity contribution is 8.93. The predicted octanol–water partition coefficient (Wildman–Crippen LogP) is 5.57. The van der Waals surface area contributed by atoms with E-state index in [2.05, 4.69) is 10.3 Å². The minimum absolute atomic E-state index is 0. The van der Waals surface area contributed by atoms with Gasteiger partial charge in [0, 0.05) is 5.56 Å². The lowest BCUT2D eigenvalue weighted by atomic mass is 10.0. The summed E-state index contributed by atoms with van der Waals surface area (Å²) < 4.78 is 6.67. The number of aryl methyl sites for hydroxylation is 2. The van der Waals surface area contributed by atoms with Gasteiger partial charge >= 0.3 is 0 Å². The molecule has 1 unspecified atom stereocenters. The molecule has 0 spiro atoms. The highest BCUT2D eigenvalue weighted by Crippen LogP contribution is 2.32. The highest BCUT2D eigenvalue weighted by atomic mass is 79.9. The van der Waals surface area contributed by atoms with Crippen molar-refractivity contribution < 1.29 is 9.53 Å². The third kappa shape index (κ3) is 4.24. The Morgan fingerprint density at radius 2 is 2.00 bits per heavy atom. The summed E-state index contributed by atoms with van der Waals surface area (Å²) in [5, 5.41) is 3.96. The molecule has 1 aromatic heterocycles. The van der Waals surface area contributed by atoms with Crippen LogP contribution in [0.1, 0.15) is 35.3 Å². The molecule has 0 amide bonds. The quantitative estimate of drug-likeness (QED) is 0.514. The van der Waals surface area contributed by atoms with Crippen molar-refractivity contribution in [2.45, 2.75) is 33.7 Å². The Kier molecular flexibility index (Phi) is 6.78. The SMILES string of the molecule is Br.CCOc1cccc2sc(NC(C)C(=O)c3ccc(C)c(C)c3)nc12. The molecule has 0 bridgehead atoms. The number of carbonyl (C=O) groups excluding carboxylic acids is 1. The second-order valence-corrected chi connectivity index (χ2v) is 7.11. The molecule has 1 N–H and O–H groups in total. The second kappa shape index (κ2) is 8.64. The first-order valence-corrected chi connectivity index (χ1v) is 9.21. The molecule has 0 fully saturated rings. The standard InChI is InChI=1S/C20H22N2O2S.BrH/c1-5-24-16-7-6-8-17-18(16)22-20(25-17)21-14(4)19(23)15-10-9-12(2)13(3)11-15;/h6-11,14H,5H2,1-4H3,(H,21,22);1H. The van der Waals surface area contributed by atoms with E-state index in [9.17, 15) is 4.79 Å². The molecule has 0 aliphatic heterocycles. The number of nitrogens with one attached hydrogen (secondary N) is 1. The van der Waals surface area contributed by atoms with Crippen LogP contribution in [0.2, 0.25) is 0 Å². The van der Waals surface area contributed by atoms with Crippen LogP contribution in [0.25, 0.3) is 10.2 Å². The minimum atomic E-state index is -0.349. The van der Waals surface area contributed by atoms with E-state index in [-0.39, 0.29) is 28.8 Å². The van der Waals surface area contributed by atoms with Crippen LogP contribution in [0, 0.1) is 13.8 Å². The molecule has 0 saturated heterocycles. The fourth-order valence-electron chi connectivity index (χ4n) is 2.65. The van der Waals surface area contributed by atoms with Crippen molar-refractivity contribution in [3.8, 4) is 5.75 Å². The Labute approximate surface area is 168 Å². The monoisotopic (exact) mass is 434 g/mol. The van der Waals surface area contributed by atoms with Crippen LogP contribution in [-0.4, -0.2) is 23.4 Å². The van der Waals surface area contributed by atoms with Crippen LogP contribution in [-0.2, 0) is 0 Å². The fourth-order valence-corrected chi connectivity index (χ4v) is 3.62. The number of anilines is 1. The number of aromatic nitrogens is 1. The van der Waals surface area contributed by atoms with E-state index >= 15 is 0 Å². The van der Waals surface area contributed by atoms with Gasteiger partial charge in [-0.25, -0.2) is 4.98 Å². The van der Waals surface area contributed by atoms with E-state index in [4.69, 9.17) is 4.74 Å². The fraction of sp³-hybridized carbons (Fsp3) is 0.300. The molecule has 0 saturated carbocycles. The second-order valence-electron chi connectivity index (χ2n) is 6.08. The third-order valence-electron chi connectivity index (χ3n) is 4.21. The number of ketones is 1. The number of nitrogens with zero attached hydrogens (tertiary/aromatic N) is 1. The van der Waals surface area contributed by atoms with Gasteiger partial charge in [-0.05, 0) is 57.0 Å². The Bertz CT molecular complexity index is 923. The molecular weight excluding hydrogens is 412 g/mol. The van der Waals surface area contributed by atoms with Crippen LogP contribution in [0.5, 0.6) is 5.75 Å². The number of Topliss-reactive ketones (excluding diaryl/α,β-unsaturated/α-hetero) is 1. The van der Waals surface area contributed by atoms with E-state index in [0.717, 1.165) is 32.2 Å². The molecule has 0 aliphatic carbocycles. The Balaban J connectivity index is 0.00000243. The van der Waals surface area contributed by atoms with Gasteiger partial charge in [-0.3, -0.25) is 4.79 Å². The smallest absolute Gasteiger partial charge is 0.184 e. The van der Waals surface area contributed by atoms with Crippen molar-refractivity contribution in [3.05, 3.63) is 53.1 Å². The van der Waals surface area contributed by atoms with Crippen molar-refractivity contribution in [2.75, 3.05) is 11.9 Å². The largest absolute Gasteiger partial charge is 0.492 e. The zero-order valence-electron chi connectivity index (χ0n) is 15.3. The Morgan fingerprint density at radius 1 is 1.23 bits per heavy atom. The number of hydrogen-bond acceptors (Lipinski definition) is 5. The van der Waals surface area contributed by atoms with Gasteiger partial charge in [0.1, 0.15) is 11.3 Å². The van der Waals surface area contributed by atoms with Gasteiger partial charge in [0.15, 0.2) is 10.9 Å². The van der Waals surface area contributed by atoms with Crippen molar-refractivity contribution in [3.63, 3.8) is 0 Å². The van der Waals surface area contributed by atoms with Gasteiger partial charge in [-0.2, -0.15) is 0 Å².